The van der Waals surface area contributed by atoms with Gasteiger partial charge < -0.3 is 4.42 Å². The maximum absolute atomic E-state index is 13.1. The minimum Gasteiger partial charge on any atom is -0.444 e. The first-order valence-corrected chi connectivity index (χ1v) is 11.3. The van der Waals surface area contributed by atoms with E-state index in [-0.39, 0.29) is 5.41 Å². The summed E-state index contributed by atoms with van der Waals surface area (Å²) in [5.41, 5.74) is 2.03. The van der Waals surface area contributed by atoms with Crippen LogP contribution < -0.4 is 0 Å². The number of benzene rings is 1. The number of rotatable bonds is 4. The van der Waals surface area contributed by atoms with Crippen LogP contribution in [0.1, 0.15) is 50.0 Å². The zero-order chi connectivity index (χ0) is 20.5. The highest BCUT2D eigenvalue weighted by Crippen LogP contribution is 2.24. The van der Waals surface area contributed by atoms with E-state index in [1.165, 1.54) is 0 Å². The molecule has 1 fully saturated rings. The van der Waals surface area contributed by atoms with Crippen molar-refractivity contribution in [2.24, 2.45) is 0 Å². The SMILES string of the molecule is Cc1ccc(S(=O)(=O)N2CCCN(Cc3ncc(C(C)(C)C)o3)CC2)cc1C. The zero-order valence-corrected chi connectivity index (χ0v) is 18.3. The van der Waals surface area contributed by atoms with Crippen LogP contribution in [-0.2, 0) is 22.0 Å². The number of sulfonamides is 1. The van der Waals surface area contributed by atoms with E-state index in [1.807, 2.05) is 19.9 Å². The molecule has 1 aliphatic heterocycles. The molecule has 2 heterocycles. The molecule has 0 atom stereocenters. The first kappa shape index (κ1) is 21.0. The molecular formula is C21H31N3O3S. The number of oxazole rings is 1. The van der Waals surface area contributed by atoms with Gasteiger partial charge in [0.2, 0.25) is 15.9 Å². The summed E-state index contributed by atoms with van der Waals surface area (Å²) in [4.78, 5) is 7.00. The topological polar surface area (TPSA) is 66.7 Å². The normalized spacial score (nSPS) is 17.6. The minimum absolute atomic E-state index is 0.0684. The van der Waals surface area contributed by atoms with Crippen LogP contribution in [0.25, 0.3) is 0 Å². The van der Waals surface area contributed by atoms with Crippen molar-refractivity contribution < 1.29 is 12.8 Å². The lowest BCUT2D eigenvalue weighted by Gasteiger charge is -2.21. The molecule has 0 unspecified atom stereocenters. The Morgan fingerprint density at radius 1 is 1.07 bits per heavy atom. The lowest BCUT2D eigenvalue weighted by Crippen LogP contribution is -2.35. The van der Waals surface area contributed by atoms with Gasteiger partial charge >= 0.3 is 0 Å². The van der Waals surface area contributed by atoms with E-state index in [0.717, 1.165) is 29.9 Å². The second-order valence-corrected chi connectivity index (χ2v) is 10.6. The van der Waals surface area contributed by atoms with Gasteiger partial charge in [0.15, 0.2) is 0 Å². The number of hydrogen-bond donors (Lipinski definition) is 0. The molecule has 0 amide bonds. The molecule has 0 aliphatic carbocycles. The third-order valence-corrected chi connectivity index (χ3v) is 7.21. The van der Waals surface area contributed by atoms with E-state index < -0.39 is 10.0 Å². The second kappa shape index (κ2) is 7.97. The molecule has 7 heteroatoms. The molecule has 3 rings (SSSR count). The van der Waals surface area contributed by atoms with Crippen LogP contribution >= 0.6 is 0 Å². The molecule has 0 saturated carbocycles. The van der Waals surface area contributed by atoms with Gasteiger partial charge in [0.05, 0.1) is 17.6 Å². The molecule has 0 spiro atoms. The molecule has 2 aromatic rings. The molecule has 28 heavy (non-hydrogen) atoms. The molecule has 1 aromatic carbocycles. The Bertz CT molecular complexity index is 929. The van der Waals surface area contributed by atoms with E-state index in [0.29, 0.717) is 37.0 Å². The summed E-state index contributed by atoms with van der Waals surface area (Å²) in [6.07, 6.45) is 2.58. The molecule has 0 bridgehead atoms. The number of nitrogens with zero attached hydrogens (tertiary/aromatic N) is 3. The Morgan fingerprint density at radius 2 is 1.82 bits per heavy atom. The van der Waals surface area contributed by atoms with E-state index in [9.17, 15) is 8.42 Å². The second-order valence-electron chi connectivity index (χ2n) is 8.65. The summed E-state index contributed by atoms with van der Waals surface area (Å²) in [5.74, 6) is 1.56. The van der Waals surface area contributed by atoms with Gasteiger partial charge in [-0.3, -0.25) is 4.90 Å². The van der Waals surface area contributed by atoms with E-state index in [1.54, 1.807) is 22.6 Å². The Kier molecular flexibility index (Phi) is 5.98. The summed E-state index contributed by atoms with van der Waals surface area (Å²) in [6, 6.07) is 5.36. The summed E-state index contributed by atoms with van der Waals surface area (Å²) < 4.78 is 33.6. The summed E-state index contributed by atoms with van der Waals surface area (Å²) in [5, 5.41) is 0. The summed E-state index contributed by atoms with van der Waals surface area (Å²) in [7, 11) is -3.47. The van der Waals surface area contributed by atoms with Crippen LogP contribution in [0.5, 0.6) is 0 Å². The van der Waals surface area contributed by atoms with Crippen molar-refractivity contribution in [3.05, 3.63) is 47.2 Å². The monoisotopic (exact) mass is 405 g/mol. The van der Waals surface area contributed by atoms with E-state index in [2.05, 4.69) is 30.7 Å². The van der Waals surface area contributed by atoms with Gasteiger partial charge in [-0.1, -0.05) is 26.8 Å². The summed E-state index contributed by atoms with van der Waals surface area (Å²) >= 11 is 0. The molecule has 1 aliphatic rings. The van der Waals surface area contributed by atoms with Gasteiger partial charge in [0, 0.05) is 25.0 Å². The van der Waals surface area contributed by atoms with Crippen molar-refractivity contribution in [3.8, 4) is 0 Å². The number of aryl methyl sites for hydroxylation is 2. The maximum Gasteiger partial charge on any atom is 0.243 e. The third-order valence-electron chi connectivity index (χ3n) is 5.32. The Labute approximate surface area is 168 Å². The standard InChI is InChI=1S/C21H31N3O3S/c1-16-7-8-18(13-17(16)2)28(25,26)24-10-6-9-23(11-12-24)15-20-22-14-19(27-20)21(3,4)5/h7-8,13-14H,6,9-12,15H2,1-5H3. The van der Waals surface area contributed by atoms with E-state index in [4.69, 9.17) is 4.42 Å². The van der Waals surface area contributed by atoms with Gasteiger partial charge in [0.1, 0.15) is 5.76 Å². The van der Waals surface area contributed by atoms with Crippen LogP contribution in [0.4, 0.5) is 0 Å². The fraction of sp³-hybridized carbons (Fsp3) is 0.571. The van der Waals surface area contributed by atoms with Crippen molar-refractivity contribution >= 4 is 10.0 Å². The highest BCUT2D eigenvalue weighted by molar-refractivity contribution is 7.89. The molecule has 154 valence electrons. The van der Waals surface area contributed by atoms with Crippen LogP contribution in [0.15, 0.2) is 33.7 Å². The van der Waals surface area contributed by atoms with Gasteiger partial charge in [0.25, 0.3) is 0 Å². The predicted molar refractivity (Wildman–Crippen MR) is 110 cm³/mol. The number of aromatic nitrogens is 1. The minimum atomic E-state index is -3.47. The molecule has 1 saturated heterocycles. The molecule has 0 radical (unpaired) electrons. The highest BCUT2D eigenvalue weighted by Gasteiger charge is 2.28. The van der Waals surface area contributed by atoms with Gasteiger partial charge in [-0.2, -0.15) is 4.31 Å². The van der Waals surface area contributed by atoms with Crippen molar-refractivity contribution in [3.63, 3.8) is 0 Å². The number of hydrogen-bond acceptors (Lipinski definition) is 5. The zero-order valence-electron chi connectivity index (χ0n) is 17.5. The lowest BCUT2D eigenvalue weighted by atomic mass is 9.94. The smallest absolute Gasteiger partial charge is 0.243 e. The Morgan fingerprint density at radius 3 is 2.46 bits per heavy atom. The average Bonchev–Trinajstić information content (AvgIpc) is 2.95. The largest absolute Gasteiger partial charge is 0.444 e. The molecular weight excluding hydrogens is 374 g/mol. The first-order valence-electron chi connectivity index (χ1n) is 9.82. The first-order chi connectivity index (χ1) is 13.1. The third kappa shape index (κ3) is 4.64. The van der Waals surface area contributed by atoms with Crippen LogP contribution in [0.2, 0.25) is 0 Å². The lowest BCUT2D eigenvalue weighted by molar-refractivity contribution is 0.242. The Hall–Kier alpha value is -1.70. The van der Waals surface area contributed by atoms with E-state index >= 15 is 0 Å². The molecule has 0 N–H and O–H groups in total. The Balaban J connectivity index is 1.67. The van der Waals surface area contributed by atoms with Crippen LogP contribution in [-0.4, -0.2) is 48.8 Å². The highest BCUT2D eigenvalue weighted by atomic mass is 32.2. The van der Waals surface area contributed by atoms with Gasteiger partial charge in [-0.15, -0.1) is 0 Å². The van der Waals surface area contributed by atoms with Crippen molar-refractivity contribution in [2.45, 2.75) is 57.9 Å². The predicted octanol–water partition coefficient (Wildman–Crippen LogP) is 3.49. The van der Waals surface area contributed by atoms with Crippen molar-refractivity contribution in [1.29, 1.82) is 0 Å². The van der Waals surface area contributed by atoms with Crippen molar-refractivity contribution in [1.82, 2.24) is 14.2 Å². The molecule has 6 nitrogen and oxygen atoms in total. The maximum atomic E-state index is 13.1. The average molecular weight is 406 g/mol. The fourth-order valence-electron chi connectivity index (χ4n) is 3.29. The quantitative estimate of drug-likeness (QED) is 0.779. The fourth-order valence-corrected chi connectivity index (χ4v) is 4.85. The van der Waals surface area contributed by atoms with Crippen LogP contribution in [0.3, 0.4) is 0 Å². The van der Waals surface area contributed by atoms with Crippen LogP contribution in [0, 0.1) is 13.8 Å². The van der Waals surface area contributed by atoms with Gasteiger partial charge in [-0.25, -0.2) is 13.4 Å². The molecule has 1 aromatic heterocycles. The van der Waals surface area contributed by atoms with Gasteiger partial charge in [-0.05, 0) is 50.1 Å². The summed E-state index contributed by atoms with van der Waals surface area (Å²) in [6.45, 7) is 13.3. The van der Waals surface area contributed by atoms with Crippen molar-refractivity contribution in [2.75, 3.05) is 26.2 Å².